The van der Waals surface area contributed by atoms with Gasteiger partial charge in [-0.25, -0.2) is 9.55 Å². The van der Waals surface area contributed by atoms with Gasteiger partial charge in [-0.3, -0.25) is 0 Å². The van der Waals surface area contributed by atoms with Gasteiger partial charge in [0.15, 0.2) is 0 Å². The molecule has 19 heavy (non-hydrogen) atoms. The summed E-state index contributed by atoms with van der Waals surface area (Å²) >= 11 is 0. The highest BCUT2D eigenvalue weighted by Crippen LogP contribution is 2.28. The molecule has 4 heteroatoms. The lowest BCUT2D eigenvalue weighted by molar-refractivity contribution is -0.643. The monoisotopic (exact) mass is 249 g/mol. The molecule has 4 nitrogen and oxygen atoms in total. The van der Waals surface area contributed by atoms with Crippen molar-refractivity contribution in [3.63, 3.8) is 0 Å². The zero-order chi connectivity index (χ0) is 13.0. The molecule has 0 aliphatic carbocycles. The Morgan fingerprint density at radius 3 is 3.00 bits per heavy atom. The van der Waals surface area contributed by atoms with Crippen molar-refractivity contribution in [3.05, 3.63) is 48.7 Å². The second-order valence-electron chi connectivity index (χ2n) is 4.86. The Bertz CT molecular complexity index is 937. The van der Waals surface area contributed by atoms with Crippen LogP contribution < -0.4 is 4.57 Å². The molecule has 1 aromatic carbocycles. The number of aryl methyl sites for hydroxylation is 2. The average Bonchev–Trinajstić information content (AvgIpc) is 2.82. The van der Waals surface area contributed by atoms with Gasteiger partial charge in [-0.05, 0) is 12.5 Å². The van der Waals surface area contributed by atoms with Gasteiger partial charge in [-0.2, -0.15) is 9.38 Å². The summed E-state index contributed by atoms with van der Waals surface area (Å²) in [6.07, 6.45) is 7.60. The van der Waals surface area contributed by atoms with E-state index in [9.17, 15) is 0 Å². The zero-order valence-corrected chi connectivity index (χ0v) is 10.8. The molecule has 4 aromatic rings. The summed E-state index contributed by atoms with van der Waals surface area (Å²) < 4.78 is 4.27. The van der Waals surface area contributed by atoms with Gasteiger partial charge in [0, 0.05) is 11.6 Å². The number of imidazole rings is 1. The van der Waals surface area contributed by atoms with Gasteiger partial charge in [0.1, 0.15) is 18.7 Å². The first-order chi connectivity index (χ1) is 9.27. The minimum atomic E-state index is 0.948. The highest BCUT2D eigenvalue weighted by Gasteiger charge is 2.19. The van der Waals surface area contributed by atoms with E-state index in [1.165, 1.54) is 22.0 Å². The molecule has 0 aliphatic heterocycles. The third-order valence-electron chi connectivity index (χ3n) is 3.71. The van der Waals surface area contributed by atoms with E-state index in [0.29, 0.717) is 0 Å². The normalized spacial score (nSPS) is 11.7. The molecular formula is C15H13N4+. The Morgan fingerprint density at radius 1 is 1.21 bits per heavy atom. The van der Waals surface area contributed by atoms with Crippen molar-refractivity contribution in [1.82, 2.24) is 14.4 Å². The lowest BCUT2D eigenvalue weighted by Crippen LogP contribution is -2.26. The fourth-order valence-electron chi connectivity index (χ4n) is 2.84. The molecule has 4 rings (SSSR count). The van der Waals surface area contributed by atoms with Gasteiger partial charge < -0.3 is 0 Å². The number of pyridine rings is 1. The minimum Gasteiger partial charge on any atom is -0.244 e. The van der Waals surface area contributed by atoms with Crippen molar-refractivity contribution in [2.24, 2.45) is 7.05 Å². The molecule has 0 saturated heterocycles. The van der Waals surface area contributed by atoms with Crippen LogP contribution in [-0.4, -0.2) is 14.4 Å². The molecule has 0 radical (unpaired) electrons. The number of fused-ring (bicyclic) bond motifs is 6. The van der Waals surface area contributed by atoms with Crippen LogP contribution in [0.2, 0.25) is 0 Å². The van der Waals surface area contributed by atoms with E-state index in [4.69, 9.17) is 0 Å². The van der Waals surface area contributed by atoms with Crippen LogP contribution in [0.4, 0.5) is 0 Å². The molecule has 0 unspecified atom stereocenters. The summed E-state index contributed by atoms with van der Waals surface area (Å²) in [5, 5.41) is 3.56. The molecule has 0 N–H and O–H groups in total. The van der Waals surface area contributed by atoms with Crippen LogP contribution in [0.25, 0.3) is 27.5 Å². The first kappa shape index (κ1) is 10.4. The summed E-state index contributed by atoms with van der Waals surface area (Å²) in [5.41, 5.74) is 3.38. The first-order valence-corrected chi connectivity index (χ1v) is 6.25. The van der Waals surface area contributed by atoms with Crippen molar-refractivity contribution in [3.8, 4) is 0 Å². The first-order valence-electron chi connectivity index (χ1n) is 6.25. The van der Waals surface area contributed by atoms with Crippen LogP contribution in [0, 0.1) is 6.92 Å². The fraction of sp³-hybridized carbons (Fsp3) is 0.133. The van der Waals surface area contributed by atoms with Crippen molar-refractivity contribution in [2.75, 3.05) is 0 Å². The quantitative estimate of drug-likeness (QED) is 0.353. The van der Waals surface area contributed by atoms with Gasteiger partial charge in [0.25, 0.3) is 5.65 Å². The second kappa shape index (κ2) is 3.51. The smallest absolute Gasteiger partial charge is 0.244 e. The fourth-order valence-corrected chi connectivity index (χ4v) is 2.84. The SMILES string of the molecule is Cc1cccc2c3cncnc3n3cc[n+](C)c3c12. The highest BCUT2D eigenvalue weighted by atomic mass is 15.1. The Balaban J connectivity index is 2.49. The van der Waals surface area contributed by atoms with Crippen molar-refractivity contribution in [2.45, 2.75) is 6.92 Å². The van der Waals surface area contributed by atoms with E-state index >= 15 is 0 Å². The van der Waals surface area contributed by atoms with Crippen LogP contribution >= 0.6 is 0 Å². The van der Waals surface area contributed by atoms with Gasteiger partial charge in [0.2, 0.25) is 5.65 Å². The Labute approximate surface area is 110 Å². The van der Waals surface area contributed by atoms with Gasteiger partial charge >= 0.3 is 0 Å². The van der Waals surface area contributed by atoms with Gasteiger partial charge in [0.05, 0.1) is 17.8 Å². The van der Waals surface area contributed by atoms with E-state index in [-0.39, 0.29) is 0 Å². The lowest BCUT2D eigenvalue weighted by atomic mass is 10.0. The maximum Gasteiger partial charge on any atom is 0.296 e. The molecule has 0 atom stereocenters. The Morgan fingerprint density at radius 2 is 2.11 bits per heavy atom. The molecule has 0 aliphatic rings. The molecule has 0 saturated carbocycles. The van der Waals surface area contributed by atoms with Gasteiger partial charge in [-0.15, -0.1) is 0 Å². The number of aromatic nitrogens is 4. The van der Waals surface area contributed by atoms with Crippen molar-refractivity contribution in [1.29, 1.82) is 0 Å². The van der Waals surface area contributed by atoms with Crippen LogP contribution in [0.5, 0.6) is 0 Å². The highest BCUT2D eigenvalue weighted by molar-refractivity contribution is 6.10. The number of rotatable bonds is 0. The molecule has 0 fully saturated rings. The summed E-state index contributed by atoms with van der Waals surface area (Å²) in [4.78, 5) is 8.62. The summed E-state index contributed by atoms with van der Waals surface area (Å²) in [7, 11) is 2.06. The average molecular weight is 249 g/mol. The third-order valence-corrected chi connectivity index (χ3v) is 3.71. The van der Waals surface area contributed by atoms with E-state index in [0.717, 1.165) is 11.0 Å². The molecule has 0 bridgehead atoms. The van der Waals surface area contributed by atoms with Crippen molar-refractivity contribution < 1.29 is 4.57 Å². The standard InChI is InChI=1S/C15H13N4/c1-10-4-3-5-11-12-8-16-9-17-14(12)19-7-6-18(2)15(19)13(10)11/h3-9H,1-2H3/q+1. The van der Waals surface area contributed by atoms with Crippen LogP contribution in [0.15, 0.2) is 43.1 Å². The van der Waals surface area contributed by atoms with Crippen LogP contribution in [-0.2, 0) is 7.05 Å². The summed E-state index contributed by atoms with van der Waals surface area (Å²) in [6, 6.07) is 6.37. The summed E-state index contributed by atoms with van der Waals surface area (Å²) in [5.74, 6) is 0. The number of hydrogen-bond donors (Lipinski definition) is 0. The molecule has 0 amide bonds. The topological polar surface area (TPSA) is 34.1 Å². The van der Waals surface area contributed by atoms with Crippen LogP contribution in [0.1, 0.15) is 5.56 Å². The molecule has 0 spiro atoms. The van der Waals surface area contributed by atoms with Crippen LogP contribution in [0.3, 0.4) is 0 Å². The number of nitrogens with zero attached hydrogens (tertiary/aromatic N) is 4. The van der Waals surface area contributed by atoms with Crippen molar-refractivity contribution >= 4 is 27.5 Å². The van der Waals surface area contributed by atoms with E-state index in [1.807, 2.05) is 6.20 Å². The maximum atomic E-state index is 4.44. The molecule has 3 heterocycles. The largest absolute Gasteiger partial charge is 0.296 e. The molecule has 3 aromatic heterocycles. The minimum absolute atomic E-state index is 0.948. The van der Waals surface area contributed by atoms with E-state index in [2.05, 4.69) is 63.5 Å². The summed E-state index contributed by atoms with van der Waals surface area (Å²) in [6.45, 7) is 2.14. The molecule has 92 valence electrons. The van der Waals surface area contributed by atoms with E-state index < -0.39 is 0 Å². The van der Waals surface area contributed by atoms with E-state index in [1.54, 1.807) is 6.33 Å². The predicted octanol–water partition coefficient (Wildman–Crippen LogP) is 2.17. The number of hydrogen-bond acceptors (Lipinski definition) is 2. The Hall–Kier alpha value is -2.49. The Kier molecular flexibility index (Phi) is 1.93. The third kappa shape index (κ3) is 1.25. The zero-order valence-electron chi connectivity index (χ0n) is 10.8. The van der Waals surface area contributed by atoms with Gasteiger partial charge in [-0.1, -0.05) is 18.2 Å². The second-order valence-corrected chi connectivity index (χ2v) is 4.86. The maximum absolute atomic E-state index is 4.44. The number of benzene rings is 1. The predicted molar refractivity (Wildman–Crippen MR) is 73.9 cm³/mol. The lowest BCUT2D eigenvalue weighted by Gasteiger charge is -2.05. The molecular weight excluding hydrogens is 236 g/mol.